The van der Waals surface area contributed by atoms with Gasteiger partial charge in [-0.3, -0.25) is 0 Å². The predicted octanol–water partition coefficient (Wildman–Crippen LogP) is 3.44. The van der Waals surface area contributed by atoms with Crippen LogP contribution in [0.2, 0.25) is 0 Å². The molecule has 81 valence electrons. The first kappa shape index (κ1) is 10.6. The number of rotatable bonds is 2. The maximum absolute atomic E-state index is 13.1. The van der Waals surface area contributed by atoms with Crippen molar-refractivity contribution in [1.82, 2.24) is 0 Å². The average Bonchev–Trinajstić information content (AvgIpc) is 2.33. The van der Waals surface area contributed by atoms with Crippen molar-refractivity contribution in [1.29, 1.82) is 0 Å². The molecule has 3 heteroatoms. The highest BCUT2D eigenvalue weighted by atomic mass is 19.2. The summed E-state index contributed by atoms with van der Waals surface area (Å²) in [7, 11) is 1.42. The molecule has 0 N–H and O–H groups in total. The van der Waals surface area contributed by atoms with E-state index in [-0.39, 0.29) is 0 Å². The van der Waals surface area contributed by atoms with Crippen molar-refractivity contribution in [3.05, 3.63) is 54.1 Å². The largest absolute Gasteiger partial charge is 0.496 e. The Hall–Kier alpha value is -1.90. The first-order valence-corrected chi connectivity index (χ1v) is 4.72. The second-order valence-corrected chi connectivity index (χ2v) is 3.26. The molecule has 1 nitrogen and oxygen atoms in total. The van der Waals surface area contributed by atoms with E-state index in [2.05, 4.69) is 6.07 Å². The van der Waals surface area contributed by atoms with Gasteiger partial charge in [0.1, 0.15) is 5.75 Å². The Morgan fingerprint density at radius 3 is 2.31 bits per heavy atom. The zero-order chi connectivity index (χ0) is 11.5. The lowest BCUT2D eigenvalue weighted by atomic mass is 10.0. The molecule has 0 heterocycles. The topological polar surface area (TPSA) is 9.23 Å². The van der Waals surface area contributed by atoms with Crippen LogP contribution >= 0.6 is 0 Å². The van der Waals surface area contributed by atoms with E-state index in [0.29, 0.717) is 11.3 Å². The summed E-state index contributed by atoms with van der Waals surface area (Å²) < 4.78 is 31.2. The Morgan fingerprint density at radius 2 is 1.69 bits per heavy atom. The van der Waals surface area contributed by atoms with Gasteiger partial charge >= 0.3 is 0 Å². The van der Waals surface area contributed by atoms with E-state index in [0.717, 1.165) is 17.7 Å². The second-order valence-electron chi connectivity index (χ2n) is 3.26. The van der Waals surface area contributed by atoms with Crippen molar-refractivity contribution >= 4 is 0 Å². The summed E-state index contributed by atoms with van der Waals surface area (Å²) in [6.07, 6.45) is 0. The minimum atomic E-state index is -0.914. The van der Waals surface area contributed by atoms with Crippen LogP contribution in [0.1, 0.15) is 0 Å². The normalized spacial score (nSPS) is 10.2. The number of benzene rings is 2. The third kappa shape index (κ3) is 1.89. The molecule has 0 fully saturated rings. The van der Waals surface area contributed by atoms with Gasteiger partial charge in [0, 0.05) is 11.6 Å². The van der Waals surface area contributed by atoms with Crippen LogP contribution < -0.4 is 4.74 Å². The fourth-order valence-corrected chi connectivity index (χ4v) is 1.49. The van der Waals surface area contributed by atoms with E-state index in [9.17, 15) is 8.78 Å². The molecule has 0 aliphatic carbocycles. The molecule has 0 saturated heterocycles. The van der Waals surface area contributed by atoms with E-state index in [1.165, 1.54) is 7.11 Å². The molecule has 0 bridgehead atoms. The monoisotopic (exact) mass is 219 g/mol. The van der Waals surface area contributed by atoms with Crippen LogP contribution in [0, 0.1) is 17.7 Å². The summed E-state index contributed by atoms with van der Waals surface area (Å²) in [6, 6.07) is 12.0. The first-order valence-electron chi connectivity index (χ1n) is 4.72. The average molecular weight is 219 g/mol. The van der Waals surface area contributed by atoms with Crippen LogP contribution in [0.5, 0.6) is 5.75 Å². The van der Waals surface area contributed by atoms with Crippen LogP contribution in [0.3, 0.4) is 0 Å². The number of hydrogen-bond donors (Lipinski definition) is 0. The maximum atomic E-state index is 13.1. The first-order chi connectivity index (χ1) is 7.72. The lowest BCUT2D eigenvalue weighted by Gasteiger charge is -2.09. The van der Waals surface area contributed by atoms with Gasteiger partial charge in [0.2, 0.25) is 0 Å². The summed E-state index contributed by atoms with van der Waals surface area (Å²) in [6.45, 7) is 0. The predicted molar refractivity (Wildman–Crippen MR) is 57.2 cm³/mol. The Bertz CT molecular complexity index is 495. The number of ether oxygens (including phenoxy) is 1. The molecule has 0 spiro atoms. The van der Waals surface area contributed by atoms with Crippen molar-refractivity contribution < 1.29 is 13.5 Å². The Kier molecular flexibility index (Phi) is 2.86. The van der Waals surface area contributed by atoms with Gasteiger partial charge in [0.25, 0.3) is 0 Å². The molecule has 0 unspecified atom stereocenters. The Morgan fingerprint density at radius 1 is 1.06 bits per heavy atom. The zero-order valence-electron chi connectivity index (χ0n) is 8.63. The van der Waals surface area contributed by atoms with Gasteiger partial charge in [0.15, 0.2) is 11.6 Å². The highest BCUT2D eigenvalue weighted by Gasteiger charge is 2.11. The summed E-state index contributed by atoms with van der Waals surface area (Å²) in [5.74, 6) is -1.49. The van der Waals surface area contributed by atoms with Crippen LogP contribution in [0.15, 0.2) is 36.4 Å². The van der Waals surface area contributed by atoms with Gasteiger partial charge in [0.05, 0.1) is 7.11 Å². The molecule has 0 aliphatic rings. The molecule has 0 amide bonds. The van der Waals surface area contributed by atoms with Gasteiger partial charge in [-0.2, -0.15) is 0 Å². The van der Waals surface area contributed by atoms with E-state index in [1.807, 2.05) is 0 Å². The van der Waals surface area contributed by atoms with Crippen LogP contribution in [0.4, 0.5) is 8.78 Å². The molecule has 0 atom stereocenters. The maximum Gasteiger partial charge on any atom is 0.162 e. The molecule has 16 heavy (non-hydrogen) atoms. The number of halogens is 2. The molecule has 1 radical (unpaired) electrons. The van der Waals surface area contributed by atoms with Crippen molar-refractivity contribution in [3.63, 3.8) is 0 Å². The van der Waals surface area contributed by atoms with E-state index in [4.69, 9.17) is 4.74 Å². The second kappa shape index (κ2) is 4.31. The molecule has 2 rings (SSSR count). The molecule has 2 aromatic carbocycles. The quantitative estimate of drug-likeness (QED) is 0.751. The van der Waals surface area contributed by atoms with E-state index in [1.54, 1.807) is 24.3 Å². The zero-order valence-corrected chi connectivity index (χ0v) is 8.63. The number of methoxy groups -OCH3 is 1. The van der Waals surface area contributed by atoms with Crippen LogP contribution in [-0.2, 0) is 0 Å². The van der Waals surface area contributed by atoms with Crippen molar-refractivity contribution in [2.45, 2.75) is 0 Å². The SMILES string of the molecule is COc1cc(F)c(F)cc1-c1cc[c]cc1. The summed E-state index contributed by atoms with van der Waals surface area (Å²) in [5, 5.41) is 0. The van der Waals surface area contributed by atoms with Gasteiger partial charge < -0.3 is 4.74 Å². The molecular weight excluding hydrogens is 210 g/mol. The van der Waals surface area contributed by atoms with Crippen molar-refractivity contribution in [2.75, 3.05) is 7.11 Å². The smallest absolute Gasteiger partial charge is 0.162 e. The van der Waals surface area contributed by atoms with Gasteiger partial charge in [-0.25, -0.2) is 8.78 Å². The van der Waals surface area contributed by atoms with E-state index >= 15 is 0 Å². The van der Waals surface area contributed by atoms with Gasteiger partial charge in [-0.05, 0) is 17.7 Å². The highest BCUT2D eigenvalue weighted by molar-refractivity contribution is 5.70. The molecule has 0 aliphatic heterocycles. The summed E-state index contributed by atoms with van der Waals surface area (Å²) in [4.78, 5) is 0. The molecule has 2 aromatic rings. The third-order valence-electron chi connectivity index (χ3n) is 2.27. The van der Waals surface area contributed by atoms with Crippen LogP contribution in [0.25, 0.3) is 11.1 Å². The minimum Gasteiger partial charge on any atom is -0.496 e. The lowest BCUT2D eigenvalue weighted by Crippen LogP contribution is -1.92. The van der Waals surface area contributed by atoms with Crippen molar-refractivity contribution in [3.8, 4) is 16.9 Å². The van der Waals surface area contributed by atoms with Gasteiger partial charge in [-0.1, -0.05) is 24.3 Å². The molecule has 0 aromatic heterocycles. The van der Waals surface area contributed by atoms with Gasteiger partial charge in [-0.15, -0.1) is 0 Å². The molecular formula is C13H9F2O. The Labute approximate surface area is 92.3 Å². The van der Waals surface area contributed by atoms with Crippen molar-refractivity contribution in [2.24, 2.45) is 0 Å². The fourth-order valence-electron chi connectivity index (χ4n) is 1.49. The fraction of sp³-hybridized carbons (Fsp3) is 0.0769. The summed E-state index contributed by atoms with van der Waals surface area (Å²) >= 11 is 0. The lowest BCUT2D eigenvalue weighted by molar-refractivity contribution is 0.408. The third-order valence-corrected chi connectivity index (χ3v) is 2.27. The minimum absolute atomic E-state index is 0.310. The van der Waals surface area contributed by atoms with E-state index < -0.39 is 11.6 Å². The molecule has 0 saturated carbocycles. The standard InChI is InChI=1S/C13H9F2O/c1-16-13-8-12(15)11(14)7-10(13)9-5-3-2-4-6-9/h3-8H,1H3. The van der Waals surface area contributed by atoms with Crippen LogP contribution in [-0.4, -0.2) is 7.11 Å². The Balaban J connectivity index is 2.60. The highest BCUT2D eigenvalue weighted by Crippen LogP contribution is 2.31. The summed E-state index contributed by atoms with van der Waals surface area (Å²) in [5.41, 5.74) is 1.28. The number of hydrogen-bond acceptors (Lipinski definition) is 1.